The summed E-state index contributed by atoms with van der Waals surface area (Å²) in [5.41, 5.74) is 5.17. The van der Waals surface area contributed by atoms with Crippen molar-refractivity contribution in [3.8, 4) is 18.4 Å². The number of nitrogens with two attached hydrogens (primary N) is 10. The zero-order valence-corrected chi connectivity index (χ0v) is 66.9. The number of rotatable bonds is 49. The Kier molecular flexibility index (Phi) is 98.8. The highest BCUT2D eigenvalue weighted by atomic mass is 79.9. The topological polar surface area (TPSA) is 282 Å². The van der Waals surface area contributed by atoms with Gasteiger partial charge in [-0.25, -0.2) is 8.78 Å². The monoisotopic (exact) mass is 1580 g/mol. The van der Waals surface area contributed by atoms with E-state index < -0.39 is 0 Å². The van der Waals surface area contributed by atoms with E-state index >= 15 is 0 Å². The van der Waals surface area contributed by atoms with Crippen molar-refractivity contribution in [2.45, 2.75) is 66.6 Å². The molecule has 606 valence electrons. The highest BCUT2D eigenvalue weighted by Crippen LogP contribution is 2.12. The van der Waals surface area contributed by atoms with Gasteiger partial charge in [0.15, 0.2) is 0 Å². The molecule has 25 heteroatoms. The van der Waals surface area contributed by atoms with Gasteiger partial charge in [-0.2, -0.15) is 75.7 Å². The number of benzene rings is 5. The Labute approximate surface area is 653 Å². The van der Waals surface area contributed by atoms with Crippen molar-refractivity contribution < 1.29 is 109 Å². The van der Waals surface area contributed by atoms with Crippen LogP contribution in [0, 0.1) is 112 Å². The first-order valence-electron chi connectivity index (χ1n) is 36.0. The number of nitrogens with zero attached hydrogens (tertiary/aromatic N) is 1. The minimum Gasteiger partial charge on any atom is -0.477 e. The third-order valence-electron chi connectivity index (χ3n) is 12.2. The SMILES string of the molecule is C#CCOCC[NH2+][CH2-].C=CCOCC[NH2+][CH2-].[CH2-][NH2+]CCOCC#N.[CH2-][NH2+]CCOCC(C)C.[CH2-][NH2+]CCOCCCC.[CH2-][NH2+]CCOCc1ccc(Br)cc1.[CH2-][NH2+]CCOCc1ccc(Cl)cc1.[CH2-][NH2+]CCOCc1ccc(F)cc1.[CH2-][NH2+]CCOCc1ccccc1.[CH2-][NH2+]CCOCc1ccccc1F. The highest BCUT2D eigenvalue weighted by molar-refractivity contribution is 9.10. The first-order valence-corrected chi connectivity index (χ1v) is 37.1. The van der Waals surface area contributed by atoms with Crippen LogP contribution in [0.4, 0.5) is 8.78 Å². The summed E-state index contributed by atoms with van der Waals surface area (Å²) in [5, 5.41) is 27.0. The van der Waals surface area contributed by atoms with Gasteiger partial charge in [-0.15, -0.1) is 13.0 Å². The van der Waals surface area contributed by atoms with E-state index in [-0.39, 0.29) is 18.2 Å². The summed E-state index contributed by atoms with van der Waals surface area (Å²) in [4.78, 5) is 0. The van der Waals surface area contributed by atoms with Gasteiger partial charge in [-0.05, 0) is 77.1 Å². The summed E-state index contributed by atoms with van der Waals surface area (Å²) < 4.78 is 78.5. The Hall–Kier alpha value is -5.28. The Morgan fingerprint density at radius 1 is 0.443 bits per heavy atom. The van der Waals surface area contributed by atoms with Crippen LogP contribution in [0.2, 0.25) is 5.02 Å². The fourth-order valence-electron chi connectivity index (χ4n) is 6.62. The number of quaternary nitrogens is 10. The predicted octanol–water partition coefficient (Wildman–Crippen LogP) is 2.07. The Balaban J connectivity index is -0.000000359. The minimum atomic E-state index is -0.213. The van der Waals surface area contributed by atoms with Crippen LogP contribution in [0.5, 0.6) is 0 Å². The molecule has 0 bridgehead atoms. The van der Waals surface area contributed by atoms with Crippen molar-refractivity contribution in [2.24, 2.45) is 5.92 Å². The number of halogens is 4. The molecule has 5 aromatic rings. The van der Waals surface area contributed by atoms with E-state index in [9.17, 15) is 8.78 Å². The second-order valence-corrected chi connectivity index (χ2v) is 23.6. The summed E-state index contributed by atoms with van der Waals surface area (Å²) in [6, 6.07) is 40.8. The maximum Gasteiger partial charge on any atom is 0.133 e. The van der Waals surface area contributed by atoms with Gasteiger partial charge in [-0.1, -0.05) is 152 Å². The second-order valence-electron chi connectivity index (χ2n) is 22.3. The fourth-order valence-corrected chi connectivity index (χ4v) is 7.01. The van der Waals surface area contributed by atoms with Crippen molar-refractivity contribution in [2.75, 3.05) is 165 Å². The van der Waals surface area contributed by atoms with Crippen LogP contribution >= 0.6 is 27.5 Å². The number of nitriles is 1. The van der Waals surface area contributed by atoms with Gasteiger partial charge in [0.2, 0.25) is 0 Å². The summed E-state index contributed by atoms with van der Waals surface area (Å²) >= 11 is 9.13. The molecule has 0 spiro atoms. The molecule has 20 N–H and O–H groups in total. The van der Waals surface area contributed by atoms with E-state index in [1.165, 1.54) is 42.2 Å². The van der Waals surface area contributed by atoms with Crippen LogP contribution in [0.25, 0.3) is 0 Å². The molecule has 0 aliphatic heterocycles. The van der Waals surface area contributed by atoms with Gasteiger partial charge in [0.1, 0.15) is 24.8 Å². The van der Waals surface area contributed by atoms with Gasteiger partial charge >= 0.3 is 0 Å². The number of hydrogen-bond donors (Lipinski definition) is 10. The summed E-state index contributed by atoms with van der Waals surface area (Å²) in [5.74, 6) is 2.60. The third-order valence-corrected chi connectivity index (χ3v) is 13.0. The van der Waals surface area contributed by atoms with Crippen molar-refractivity contribution >= 4 is 27.5 Å². The molecule has 0 aromatic heterocycles. The third kappa shape index (κ3) is 92.9. The number of hydrogen-bond acceptors (Lipinski definition) is 11. The average molecular weight is 1580 g/mol. The molecule has 5 rings (SSSR count). The summed E-state index contributed by atoms with van der Waals surface area (Å²) in [6.07, 6.45) is 9.04. The number of unbranched alkanes of at least 4 members (excludes halogenated alkanes) is 1. The van der Waals surface area contributed by atoms with E-state index in [2.05, 4.69) is 144 Å². The van der Waals surface area contributed by atoms with Crippen molar-refractivity contribution in [3.05, 3.63) is 259 Å². The molecular formula is C81H139BrClF2N11O10. The Bertz CT molecular complexity index is 2420. The lowest BCUT2D eigenvalue weighted by Crippen LogP contribution is -2.78. The smallest absolute Gasteiger partial charge is 0.133 e. The molecule has 0 fully saturated rings. The van der Waals surface area contributed by atoms with Crippen molar-refractivity contribution in [1.82, 2.24) is 0 Å². The quantitative estimate of drug-likeness (QED) is 0.0117. The summed E-state index contributed by atoms with van der Waals surface area (Å²) in [7, 11) is 35.8. The van der Waals surface area contributed by atoms with E-state index in [1.54, 1.807) is 52.4 Å². The molecule has 0 radical (unpaired) electrons. The van der Waals surface area contributed by atoms with E-state index in [4.69, 9.17) is 70.7 Å². The maximum atomic E-state index is 13.0. The molecule has 0 atom stereocenters. The molecule has 0 amide bonds. The lowest BCUT2D eigenvalue weighted by Gasteiger charge is -2.05. The molecule has 0 unspecified atom stereocenters. The Morgan fingerprint density at radius 3 is 1.16 bits per heavy atom. The molecule has 0 heterocycles. The lowest BCUT2D eigenvalue weighted by molar-refractivity contribution is -0.597. The van der Waals surface area contributed by atoms with Gasteiger partial charge in [0, 0.05) is 28.3 Å². The van der Waals surface area contributed by atoms with Gasteiger partial charge < -0.3 is 101 Å². The first kappa shape index (κ1) is 109. The van der Waals surface area contributed by atoms with Crippen LogP contribution in [-0.4, -0.2) is 165 Å². The zero-order valence-electron chi connectivity index (χ0n) is 64.6. The van der Waals surface area contributed by atoms with Gasteiger partial charge in [0.05, 0.1) is 177 Å². The lowest BCUT2D eigenvalue weighted by atomic mass is 10.2. The molecule has 21 nitrogen and oxygen atoms in total. The van der Waals surface area contributed by atoms with Crippen LogP contribution in [0.15, 0.2) is 145 Å². The van der Waals surface area contributed by atoms with Crippen LogP contribution in [0.1, 0.15) is 61.4 Å². The Morgan fingerprint density at radius 2 is 0.783 bits per heavy atom. The molecular weight excluding hydrogens is 1440 g/mol. The number of ether oxygens (including phenoxy) is 10. The van der Waals surface area contributed by atoms with Gasteiger partial charge in [0.25, 0.3) is 0 Å². The maximum absolute atomic E-state index is 13.0. The predicted molar refractivity (Wildman–Crippen MR) is 423 cm³/mol. The fraction of sp³-hybridized carbons (Fsp3) is 0.444. The highest BCUT2D eigenvalue weighted by Gasteiger charge is 2.01. The standard InChI is InChI=1S/C10H14BrNO.C10H14ClNO.2C10H14FNO.C10H15NO.2C7H17NO.C6H13NO.C6H11NO.C5H10N2O/c3*1-12-6-7-13-8-9-2-4-10(11)5-3-9;1-12-6-7-13-8-9-4-2-3-5-10(9)11;1-11-7-8-12-9-10-5-3-2-4-6-10;1-7(2)6-9-5-4-8-3;1-3-4-6-9-7-5-8-2;2*1-3-5-8-6-4-7-2;1-7-3-5-8-4-2-6/h4*2-5H,1,6-8,12H2;2-6H,1,7-9,11H2;7H,3-6,8H2,1-2H3;2-8H2,1H3;3H,1-2,4-7H2;1H,2,4-7H2;1,3-5,7H2. The van der Waals surface area contributed by atoms with Crippen molar-refractivity contribution in [1.29, 1.82) is 5.26 Å². The average Bonchev–Trinajstić information content (AvgIpc) is 0.960. The molecule has 106 heavy (non-hydrogen) atoms. The molecule has 0 aliphatic carbocycles. The summed E-state index contributed by atoms with van der Waals surface area (Å²) in [6.45, 7) is 32.0. The molecule has 0 aliphatic rings. The minimum absolute atomic E-state index is 0.188. The van der Waals surface area contributed by atoms with Gasteiger partial charge in [-0.3, -0.25) is 0 Å². The number of terminal acetylenes is 1. The van der Waals surface area contributed by atoms with Crippen molar-refractivity contribution in [3.63, 3.8) is 0 Å². The van der Waals surface area contributed by atoms with Crippen LogP contribution in [-0.2, 0) is 80.4 Å². The molecule has 0 saturated heterocycles. The van der Waals surface area contributed by atoms with E-state index in [1.807, 2.05) is 97.9 Å². The zero-order chi connectivity index (χ0) is 79.5. The molecule has 0 saturated carbocycles. The van der Waals surface area contributed by atoms with E-state index in [0.29, 0.717) is 84.2 Å². The van der Waals surface area contributed by atoms with E-state index in [0.717, 1.165) is 139 Å². The van der Waals surface area contributed by atoms with Crippen LogP contribution < -0.4 is 53.2 Å². The molecule has 5 aromatic carbocycles. The second kappa shape index (κ2) is 95.8. The largest absolute Gasteiger partial charge is 0.477 e. The normalized spacial score (nSPS) is 9.92. The first-order chi connectivity index (χ1) is 51.7. The van der Waals surface area contributed by atoms with Crippen LogP contribution in [0.3, 0.4) is 0 Å².